The van der Waals surface area contributed by atoms with Crippen LogP contribution in [0.5, 0.6) is 11.5 Å². The maximum atomic E-state index is 12.4. The minimum absolute atomic E-state index is 0.243. The van der Waals surface area contributed by atoms with Gasteiger partial charge in [0, 0.05) is 37.8 Å². The second kappa shape index (κ2) is 11.9. The zero-order valence-electron chi connectivity index (χ0n) is 20.5. The largest absolute Gasteiger partial charge is 0.457 e. The summed E-state index contributed by atoms with van der Waals surface area (Å²) in [5.41, 5.74) is 1.73. The molecule has 2 aromatic rings. The first-order valence-corrected chi connectivity index (χ1v) is 14.6. The summed E-state index contributed by atoms with van der Waals surface area (Å²) in [5, 5.41) is 3.28. The van der Waals surface area contributed by atoms with E-state index in [1.165, 1.54) is 37.7 Å². The quantitative estimate of drug-likeness (QED) is 0.512. The van der Waals surface area contributed by atoms with E-state index in [9.17, 15) is 13.2 Å². The van der Waals surface area contributed by atoms with Crippen molar-refractivity contribution < 1.29 is 17.9 Å². The van der Waals surface area contributed by atoms with Gasteiger partial charge in [-0.25, -0.2) is 8.42 Å². The topological polar surface area (TPSA) is 87.7 Å². The number of nitrogens with zero attached hydrogens (tertiary/aromatic N) is 1. The van der Waals surface area contributed by atoms with Gasteiger partial charge in [-0.15, -0.1) is 0 Å². The molecule has 2 aliphatic rings. The number of benzene rings is 2. The van der Waals surface area contributed by atoms with Crippen molar-refractivity contribution in [3.05, 3.63) is 54.1 Å². The van der Waals surface area contributed by atoms with E-state index < -0.39 is 10.0 Å². The molecule has 0 atom stereocenters. The van der Waals surface area contributed by atoms with Crippen molar-refractivity contribution >= 4 is 21.6 Å². The second-order valence-corrected chi connectivity index (χ2v) is 11.7. The Morgan fingerprint density at radius 3 is 2.11 bits per heavy atom. The number of carbonyl (C=O) groups excluding carboxylic acids is 1. The van der Waals surface area contributed by atoms with E-state index in [0.29, 0.717) is 29.8 Å². The molecule has 4 rings (SSSR count). The molecule has 0 unspecified atom stereocenters. The first kappa shape index (κ1) is 25.5. The van der Waals surface area contributed by atoms with Crippen LogP contribution in [0.4, 0.5) is 5.69 Å². The van der Waals surface area contributed by atoms with Gasteiger partial charge in [0.05, 0.1) is 6.26 Å². The van der Waals surface area contributed by atoms with E-state index in [1.54, 1.807) is 24.3 Å². The SMILES string of the molecule is CS(=O)(=O)Nc1ccc(Oc2ccc(CN3CCC(NC(=O)CC4CCCCC4)CC3)cc2)cc1. The number of ether oxygens (including phenoxy) is 1. The maximum Gasteiger partial charge on any atom is 0.229 e. The number of nitrogens with one attached hydrogen (secondary N) is 2. The number of hydrogen-bond acceptors (Lipinski definition) is 5. The third kappa shape index (κ3) is 8.54. The van der Waals surface area contributed by atoms with Crippen molar-refractivity contribution in [1.29, 1.82) is 0 Å². The molecule has 190 valence electrons. The molecule has 0 aromatic heterocycles. The summed E-state index contributed by atoms with van der Waals surface area (Å²) in [6.07, 6.45) is 10.1. The summed E-state index contributed by atoms with van der Waals surface area (Å²) in [7, 11) is -3.29. The van der Waals surface area contributed by atoms with Crippen molar-refractivity contribution in [1.82, 2.24) is 10.2 Å². The molecule has 0 radical (unpaired) electrons. The van der Waals surface area contributed by atoms with Crippen LogP contribution in [0.15, 0.2) is 48.5 Å². The second-order valence-electron chi connectivity index (χ2n) is 9.97. The molecule has 1 saturated heterocycles. The normalized spacial score (nSPS) is 18.2. The van der Waals surface area contributed by atoms with Gasteiger partial charge in [-0.05, 0) is 73.6 Å². The summed E-state index contributed by atoms with van der Waals surface area (Å²) in [6.45, 7) is 2.86. The third-order valence-corrected chi connectivity index (χ3v) is 7.48. The van der Waals surface area contributed by atoms with Crippen LogP contribution in [0.1, 0.15) is 56.9 Å². The fraction of sp³-hybridized carbons (Fsp3) is 0.519. The predicted molar refractivity (Wildman–Crippen MR) is 139 cm³/mol. The molecular formula is C27H37N3O4S. The van der Waals surface area contributed by atoms with Gasteiger partial charge >= 0.3 is 0 Å². The third-order valence-electron chi connectivity index (χ3n) is 6.87. The summed E-state index contributed by atoms with van der Waals surface area (Å²) in [5.74, 6) is 2.21. The lowest BCUT2D eigenvalue weighted by molar-refractivity contribution is -0.123. The Morgan fingerprint density at radius 1 is 0.914 bits per heavy atom. The van der Waals surface area contributed by atoms with E-state index in [0.717, 1.165) is 44.5 Å². The van der Waals surface area contributed by atoms with Crippen LogP contribution in [0.25, 0.3) is 0 Å². The zero-order valence-corrected chi connectivity index (χ0v) is 21.4. The smallest absolute Gasteiger partial charge is 0.229 e. The number of anilines is 1. The molecule has 1 aliphatic heterocycles. The highest BCUT2D eigenvalue weighted by Gasteiger charge is 2.23. The lowest BCUT2D eigenvalue weighted by Gasteiger charge is -2.32. The maximum absolute atomic E-state index is 12.4. The first-order valence-electron chi connectivity index (χ1n) is 12.7. The minimum atomic E-state index is -3.29. The fourth-order valence-corrected chi connectivity index (χ4v) is 5.60. The Balaban J connectivity index is 1.18. The molecule has 1 aliphatic carbocycles. The Labute approximate surface area is 209 Å². The van der Waals surface area contributed by atoms with Crippen LogP contribution in [-0.2, 0) is 21.4 Å². The van der Waals surface area contributed by atoms with Crippen LogP contribution in [-0.4, -0.2) is 44.6 Å². The summed E-state index contributed by atoms with van der Waals surface area (Å²) < 4.78 is 30.9. The molecule has 1 amide bonds. The van der Waals surface area contributed by atoms with Crippen LogP contribution < -0.4 is 14.8 Å². The Hall–Kier alpha value is -2.58. The standard InChI is InChI=1S/C27H37N3O4S/c1-35(32,33)29-24-9-13-26(14-10-24)34-25-11-7-22(8-12-25)20-30-17-15-23(16-18-30)28-27(31)19-21-5-3-2-4-6-21/h7-14,21,23,29H,2-6,15-20H2,1H3,(H,28,31). The number of carbonyl (C=O) groups is 1. The number of likely N-dealkylation sites (tertiary alicyclic amines) is 1. The molecule has 0 spiro atoms. The Morgan fingerprint density at radius 2 is 1.51 bits per heavy atom. The van der Waals surface area contributed by atoms with Gasteiger partial charge in [-0.1, -0.05) is 31.4 Å². The van der Waals surface area contributed by atoms with Gasteiger partial charge in [0.15, 0.2) is 0 Å². The van der Waals surface area contributed by atoms with E-state index in [2.05, 4.69) is 27.1 Å². The number of rotatable bonds is 9. The molecule has 7 nitrogen and oxygen atoms in total. The Bertz CT molecular complexity index is 1060. The molecular weight excluding hydrogens is 462 g/mol. The molecule has 2 fully saturated rings. The highest BCUT2D eigenvalue weighted by molar-refractivity contribution is 7.92. The number of hydrogen-bond donors (Lipinski definition) is 2. The van der Waals surface area contributed by atoms with E-state index in [1.807, 2.05) is 12.1 Å². The highest BCUT2D eigenvalue weighted by Crippen LogP contribution is 2.27. The summed E-state index contributed by atoms with van der Waals surface area (Å²) in [4.78, 5) is 14.9. The average molecular weight is 500 g/mol. The summed E-state index contributed by atoms with van der Waals surface area (Å²) >= 11 is 0. The van der Waals surface area contributed by atoms with Crippen molar-refractivity contribution in [2.24, 2.45) is 5.92 Å². The van der Waals surface area contributed by atoms with Gasteiger partial charge in [-0.3, -0.25) is 14.4 Å². The predicted octanol–water partition coefficient (Wildman–Crippen LogP) is 4.90. The zero-order chi connectivity index (χ0) is 24.7. The molecule has 0 bridgehead atoms. The number of amides is 1. The Kier molecular flexibility index (Phi) is 8.68. The minimum Gasteiger partial charge on any atom is -0.457 e. The molecule has 2 N–H and O–H groups in total. The van der Waals surface area contributed by atoms with E-state index >= 15 is 0 Å². The molecule has 8 heteroatoms. The molecule has 2 aromatic carbocycles. The average Bonchev–Trinajstić information content (AvgIpc) is 2.82. The van der Waals surface area contributed by atoms with Crippen LogP contribution in [0.3, 0.4) is 0 Å². The van der Waals surface area contributed by atoms with Gasteiger partial charge in [0.25, 0.3) is 0 Å². The number of sulfonamides is 1. The lowest BCUT2D eigenvalue weighted by atomic mass is 9.86. The van der Waals surface area contributed by atoms with Gasteiger partial charge < -0.3 is 10.1 Å². The summed E-state index contributed by atoms with van der Waals surface area (Å²) in [6, 6.07) is 15.2. The fourth-order valence-electron chi connectivity index (χ4n) is 5.04. The molecule has 1 heterocycles. The van der Waals surface area contributed by atoms with Crippen LogP contribution >= 0.6 is 0 Å². The lowest BCUT2D eigenvalue weighted by Crippen LogP contribution is -2.44. The highest BCUT2D eigenvalue weighted by atomic mass is 32.2. The van der Waals surface area contributed by atoms with Gasteiger partial charge in [0.2, 0.25) is 15.9 Å². The number of piperidine rings is 1. The van der Waals surface area contributed by atoms with Gasteiger partial charge in [-0.2, -0.15) is 0 Å². The molecule has 35 heavy (non-hydrogen) atoms. The van der Waals surface area contributed by atoms with Crippen molar-refractivity contribution in [3.63, 3.8) is 0 Å². The van der Waals surface area contributed by atoms with Crippen molar-refractivity contribution in [2.45, 2.75) is 64.0 Å². The van der Waals surface area contributed by atoms with Crippen LogP contribution in [0.2, 0.25) is 0 Å². The van der Waals surface area contributed by atoms with E-state index in [-0.39, 0.29) is 5.91 Å². The van der Waals surface area contributed by atoms with Crippen molar-refractivity contribution in [2.75, 3.05) is 24.1 Å². The van der Waals surface area contributed by atoms with Crippen molar-refractivity contribution in [3.8, 4) is 11.5 Å². The molecule has 1 saturated carbocycles. The first-order chi connectivity index (χ1) is 16.8. The van der Waals surface area contributed by atoms with Gasteiger partial charge in [0.1, 0.15) is 11.5 Å². The van der Waals surface area contributed by atoms with Crippen LogP contribution in [0, 0.1) is 5.92 Å². The van der Waals surface area contributed by atoms with E-state index in [4.69, 9.17) is 4.74 Å². The monoisotopic (exact) mass is 499 g/mol.